The summed E-state index contributed by atoms with van der Waals surface area (Å²) in [4.78, 5) is 26.5. The summed E-state index contributed by atoms with van der Waals surface area (Å²) in [5.74, 6) is 2.20. The largest absolute Gasteiger partial charge is 0.373 e. The second-order valence-electron chi connectivity index (χ2n) is 8.53. The minimum Gasteiger partial charge on any atom is -0.373 e. The Morgan fingerprint density at radius 3 is 2.81 bits per heavy atom. The van der Waals surface area contributed by atoms with Gasteiger partial charge in [-0.05, 0) is 48.6 Å². The van der Waals surface area contributed by atoms with E-state index in [4.69, 9.17) is 0 Å². The van der Waals surface area contributed by atoms with Crippen LogP contribution in [0.25, 0.3) is 22.0 Å². The van der Waals surface area contributed by atoms with Gasteiger partial charge in [-0.2, -0.15) is 0 Å². The summed E-state index contributed by atoms with van der Waals surface area (Å²) in [5, 5.41) is 7.06. The molecular weight excluding hydrogens is 400 g/mol. The molecule has 0 unspecified atom stereocenters. The smallest absolute Gasteiger partial charge is 0.273 e. The summed E-state index contributed by atoms with van der Waals surface area (Å²) in [6.07, 6.45) is 7.41. The van der Waals surface area contributed by atoms with Crippen LogP contribution in [0.2, 0.25) is 0 Å². The van der Waals surface area contributed by atoms with Gasteiger partial charge in [0, 0.05) is 55.1 Å². The van der Waals surface area contributed by atoms with E-state index in [1.165, 1.54) is 0 Å². The summed E-state index contributed by atoms with van der Waals surface area (Å²) >= 11 is 0. The van der Waals surface area contributed by atoms with Gasteiger partial charge < -0.3 is 15.2 Å². The Morgan fingerprint density at radius 1 is 1.09 bits per heavy atom. The molecule has 1 atom stereocenters. The molecule has 3 aromatic heterocycles. The number of aryl methyl sites for hydroxylation is 2. The van der Waals surface area contributed by atoms with E-state index < -0.39 is 0 Å². The fourth-order valence-corrected chi connectivity index (χ4v) is 4.29. The van der Waals surface area contributed by atoms with Gasteiger partial charge in [0.25, 0.3) is 5.91 Å². The van der Waals surface area contributed by atoms with Crippen LogP contribution < -0.4 is 10.6 Å². The number of nitrogens with zero attached hydrogens (tertiary/aromatic N) is 4. The van der Waals surface area contributed by atoms with Crippen LogP contribution >= 0.6 is 0 Å². The summed E-state index contributed by atoms with van der Waals surface area (Å²) < 4.78 is 2.05. The van der Waals surface area contributed by atoms with E-state index in [1.807, 2.05) is 43.7 Å². The Balaban J connectivity index is 1.44. The Hall–Kier alpha value is -3.74. The molecule has 4 aromatic rings. The first-order valence-corrected chi connectivity index (χ1v) is 10.9. The van der Waals surface area contributed by atoms with Gasteiger partial charge >= 0.3 is 0 Å². The van der Waals surface area contributed by atoms with Gasteiger partial charge in [-0.25, -0.2) is 9.97 Å². The normalized spacial score (nSPS) is 15.4. The molecule has 7 nitrogen and oxygen atoms in total. The number of carbonyl (C=O) groups excluding carboxylic acids is 1. The number of amides is 1. The predicted molar refractivity (Wildman–Crippen MR) is 127 cm³/mol. The molecule has 7 heteroatoms. The first-order chi connectivity index (χ1) is 15.5. The summed E-state index contributed by atoms with van der Waals surface area (Å²) in [7, 11) is 1.84. The lowest BCUT2D eigenvalue weighted by Gasteiger charge is -2.21. The molecule has 0 radical (unpaired) electrons. The third-order valence-corrected chi connectivity index (χ3v) is 6.15. The van der Waals surface area contributed by atoms with E-state index in [0.29, 0.717) is 11.6 Å². The average Bonchev–Trinajstić information content (AvgIpc) is 3.22. The van der Waals surface area contributed by atoms with Crippen LogP contribution in [-0.4, -0.2) is 32.5 Å². The highest BCUT2D eigenvalue weighted by Gasteiger charge is 2.22. The molecule has 1 aliphatic heterocycles. The third-order valence-electron chi connectivity index (χ3n) is 6.15. The van der Waals surface area contributed by atoms with Gasteiger partial charge in [-0.3, -0.25) is 9.78 Å². The first-order valence-electron chi connectivity index (χ1n) is 10.9. The van der Waals surface area contributed by atoms with Crippen molar-refractivity contribution >= 4 is 28.3 Å². The van der Waals surface area contributed by atoms with Crippen molar-refractivity contribution in [3.8, 4) is 11.1 Å². The highest BCUT2D eigenvalue weighted by molar-refractivity contribution is 6.03. The van der Waals surface area contributed by atoms with Crippen LogP contribution in [0.4, 0.5) is 11.5 Å². The number of hydrogen-bond acceptors (Lipinski definition) is 5. The van der Waals surface area contributed by atoms with Crippen LogP contribution in [0.5, 0.6) is 0 Å². The molecule has 0 fully saturated rings. The molecular formula is C25H26N6O. The SMILES string of the molecule is CNc1cc2ncc(-c3cc(NC(=O)c4cnc5n4C[C@@H](C)CC5)ccc3C)cc2cn1. The highest BCUT2D eigenvalue weighted by Crippen LogP contribution is 2.29. The van der Waals surface area contributed by atoms with E-state index in [-0.39, 0.29) is 5.91 Å². The number of hydrogen-bond donors (Lipinski definition) is 2. The van der Waals surface area contributed by atoms with Crippen molar-refractivity contribution in [2.45, 2.75) is 33.2 Å². The molecule has 1 amide bonds. The number of nitrogens with one attached hydrogen (secondary N) is 2. The molecule has 0 aliphatic carbocycles. The molecule has 0 saturated heterocycles. The number of anilines is 2. The topological polar surface area (TPSA) is 84.7 Å². The Morgan fingerprint density at radius 2 is 1.97 bits per heavy atom. The number of aromatic nitrogens is 4. The van der Waals surface area contributed by atoms with Crippen LogP contribution in [0.1, 0.15) is 35.2 Å². The quantitative estimate of drug-likeness (QED) is 0.495. The van der Waals surface area contributed by atoms with Gasteiger partial charge in [0.15, 0.2) is 0 Å². The number of imidazole rings is 1. The van der Waals surface area contributed by atoms with Crippen molar-refractivity contribution in [1.29, 1.82) is 0 Å². The number of benzene rings is 1. The molecule has 0 saturated carbocycles. The zero-order valence-corrected chi connectivity index (χ0v) is 18.5. The van der Waals surface area contributed by atoms with Gasteiger partial charge in [-0.15, -0.1) is 0 Å². The van der Waals surface area contributed by atoms with Crippen LogP contribution in [-0.2, 0) is 13.0 Å². The number of fused-ring (bicyclic) bond motifs is 2. The van der Waals surface area contributed by atoms with Crippen molar-refractivity contribution in [1.82, 2.24) is 19.5 Å². The van der Waals surface area contributed by atoms with Crippen LogP contribution in [0.3, 0.4) is 0 Å². The van der Waals surface area contributed by atoms with Gasteiger partial charge in [0.1, 0.15) is 17.3 Å². The number of rotatable bonds is 4. The zero-order chi connectivity index (χ0) is 22.2. The van der Waals surface area contributed by atoms with Crippen LogP contribution in [0, 0.1) is 12.8 Å². The Labute approximate surface area is 186 Å². The minimum absolute atomic E-state index is 0.131. The maximum Gasteiger partial charge on any atom is 0.273 e. The fraction of sp³-hybridized carbons (Fsp3) is 0.280. The number of pyridine rings is 2. The molecule has 2 N–H and O–H groups in total. The van der Waals surface area contributed by atoms with E-state index in [9.17, 15) is 4.79 Å². The van der Waals surface area contributed by atoms with E-state index >= 15 is 0 Å². The Kier molecular flexibility index (Phi) is 5.09. The van der Waals surface area contributed by atoms with Crippen LogP contribution in [0.15, 0.2) is 48.9 Å². The van der Waals surface area contributed by atoms with Crippen molar-refractivity contribution in [3.63, 3.8) is 0 Å². The van der Waals surface area contributed by atoms with E-state index in [1.54, 1.807) is 6.20 Å². The molecule has 4 heterocycles. The standard InChI is InChI=1S/C25H26N6O/c1-15-4-7-24-29-13-22(31(24)14-15)25(32)30-19-6-5-16(2)20(9-19)17-8-18-12-28-23(26-3)10-21(18)27-11-17/h5-6,8-13,15H,4,7,14H2,1-3H3,(H,26,28)(H,30,32)/t15-/m0/s1. The van der Waals surface area contributed by atoms with Crippen molar-refractivity contribution in [2.75, 3.05) is 17.7 Å². The minimum atomic E-state index is -0.131. The molecule has 162 valence electrons. The van der Waals surface area contributed by atoms with Gasteiger partial charge in [0.2, 0.25) is 0 Å². The highest BCUT2D eigenvalue weighted by atomic mass is 16.2. The monoisotopic (exact) mass is 426 g/mol. The maximum absolute atomic E-state index is 13.0. The van der Waals surface area contributed by atoms with Crippen molar-refractivity contribution < 1.29 is 4.79 Å². The third kappa shape index (κ3) is 3.70. The lowest BCUT2D eigenvalue weighted by molar-refractivity contribution is 0.101. The van der Waals surface area contributed by atoms with Crippen molar-refractivity contribution in [2.24, 2.45) is 5.92 Å². The molecule has 0 bridgehead atoms. The summed E-state index contributed by atoms with van der Waals surface area (Å²) in [6, 6.07) is 9.96. The molecule has 1 aromatic carbocycles. The van der Waals surface area contributed by atoms with Gasteiger partial charge in [-0.1, -0.05) is 13.0 Å². The molecule has 1 aliphatic rings. The average molecular weight is 427 g/mol. The second-order valence-corrected chi connectivity index (χ2v) is 8.53. The van der Waals surface area contributed by atoms with E-state index in [0.717, 1.165) is 64.3 Å². The summed E-state index contributed by atoms with van der Waals surface area (Å²) in [5.41, 5.74) is 5.38. The predicted octanol–water partition coefficient (Wildman–Crippen LogP) is 4.68. The second kappa shape index (κ2) is 8.07. The number of carbonyl (C=O) groups is 1. The molecule has 32 heavy (non-hydrogen) atoms. The fourth-order valence-electron chi connectivity index (χ4n) is 4.29. The van der Waals surface area contributed by atoms with Gasteiger partial charge in [0.05, 0.1) is 11.7 Å². The first kappa shape index (κ1) is 20.2. The summed E-state index contributed by atoms with van der Waals surface area (Å²) in [6.45, 7) is 5.11. The lowest BCUT2D eigenvalue weighted by Crippen LogP contribution is -2.24. The lowest BCUT2D eigenvalue weighted by atomic mass is 10.00. The molecule has 5 rings (SSSR count). The zero-order valence-electron chi connectivity index (χ0n) is 18.5. The van der Waals surface area contributed by atoms with Crippen molar-refractivity contribution in [3.05, 3.63) is 66.0 Å². The molecule has 0 spiro atoms. The maximum atomic E-state index is 13.0. The Bertz CT molecular complexity index is 1330. The van der Waals surface area contributed by atoms with E-state index in [2.05, 4.69) is 50.1 Å².